The van der Waals surface area contributed by atoms with E-state index in [0.29, 0.717) is 5.95 Å². The van der Waals surface area contributed by atoms with Gasteiger partial charge in [-0.3, -0.25) is 10.1 Å². The number of fused-ring (bicyclic) bond motifs is 2. The molecule has 1 saturated carbocycles. The van der Waals surface area contributed by atoms with Gasteiger partial charge in [0.05, 0.1) is 24.2 Å². The summed E-state index contributed by atoms with van der Waals surface area (Å²) in [7, 11) is 1.63. The van der Waals surface area contributed by atoms with Gasteiger partial charge in [-0.15, -0.1) is 0 Å². The number of methoxy groups -OCH3 is 1. The first-order chi connectivity index (χ1) is 12.1. The number of hydrogen-bond donors (Lipinski definition) is 1. The second kappa shape index (κ2) is 6.23. The van der Waals surface area contributed by atoms with Crippen molar-refractivity contribution in [3.05, 3.63) is 23.9 Å². The molecule has 25 heavy (non-hydrogen) atoms. The highest BCUT2D eigenvalue weighted by Crippen LogP contribution is 2.26. The maximum absolute atomic E-state index is 12.3. The molecule has 7 nitrogen and oxygen atoms in total. The molecule has 7 heteroatoms. The average Bonchev–Trinajstić information content (AvgIpc) is 2.61. The molecule has 1 aromatic heterocycles. The van der Waals surface area contributed by atoms with Gasteiger partial charge in [-0.05, 0) is 44.4 Å². The van der Waals surface area contributed by atoms with Gasteiger partial charge in [-0.1, -0.05) is 6.42 Å². The Morgan fingerprint density at radius 1 is 1.28 bits per heavy atom. The zero-order valence-corrected chi connectivity index (χ0v) is 14.2. The molecule has 0 saturated heterocycles. The van der Waals surface area contributed by atoms with Crippen LogP contribution in [0.3, 0.4) is 0 Å². The molecule has 1 amide bonds. The van der Waals surface area contributed by atoms with Crippen LogP contribution in [-0.2, 0) is 4.79 Å². The second-order valence-electron chi connectivity index (χ2n) is 6.32. The predicted octanol–water partition coefficient (Wildman–Crippen LogP) is 2.70. The molecule has 4 rings (SSSR count). The van der Waals surface area contributed by atoms with Crippen LogP contribution in [-0.4, -0.2) is 34.7 Å². The maximum atomic E-state index is 12.3. The molecule has 1 aliphatic heterocycles. The summed E-state index contributed by atoms with van der Waals surface area (Å²) in [5.74, 6) is 1.21. The first-order valence-corrected chi connectivity index (χ1v) is 8.43. The highest BCUT2D eigenvalue weighted by molar-refractivity contribution is 6.18. The predicted molar refractivity (Wildman–Crippen MR) is 95.5 cm³/mol. The third kappa shape index (κ3) is 2.97. The number of carbonyl (C=O) groups excluding carboxylic acids is 1. The lowest BCUT2D eigenvalue weighted by atomic mass is 9.86. The van der Waals surface area contributed by atoms with E-state index in [1.165, 1.54) is 0 Å². The topological polar surface area (TPSA) is 88.8 Å². The van der Waals surface area contributed by atoms with Gasteiger partial charge in [0.2, 0.25) is 11.9 Å². The summed E-state index contributed by atoms with van der Waals surface area (Å²) < 4.78 is 5.24. The van der Waals surface area contributed by atoms with Gasteiger partial charge in [0, 0.05) is 11.1 Å². The number of carbonyl (C=O) groups is 1. The van der Waals surface area contributed by atoms with E-state index < -0.39 is 0 Å². The van der Waals surface area contributed by atoms with Crippen LogP contribution in [0, 0.1) is 12.8 Å². The smallest absolute Gasteiger partial charge is 0.253 e. The number of rotatable bonds is 2. The van der Waals surface area contributed by atoms with E-state index in [2.05, 4.69) is 25.3 Å². The Kier molecular flexibility index (Phi) is 3.91. The molecule has 0 radical (unpaired) electrons. The number of amides is 1. The van der Waals surface area contributed by atoms with Crippen molar-refractivity contribution >= 4 is 34.4 Å². The van der Waals surface area contributed by atoms with Gasteiger partial charge >= 0.3 is 0 Å². The van der Waals surface area contributed by atoms with Crippen molar-refractivity contribution in [2.45, 2.75) is 32.6 Å². The molecular formula is C18H19N5O2. The Bertz CT molecular complexity index is 919. The van der Waals surface area contributed by atoms with Crippen LogP contribution in [0.25, 0.3) is 10.9 Å². The Balaban J connectivity index is 1.72. The molecule has 1 fully saturated rings. The van der Waals surface area contributed by atoms with Crippen LogP contribution in [0.4, 0.5) is 5.95 Å². The maximum Gasteiger partial charge on any atom is 0.253 e. The standard InChI is InChI=1S/C18H19N5O2/c1-10-13-9-11(25-2)7-8-15(13)21-17(19-10)23-18-20-14-6-4-3-5-12(14)16(24)22-18/h7-9,12H,3-6H2,1-2H3,(H,19,21,22,23,24). The van der Waals surface area contributed by atoms with E-state index in [4.69, 9.17) is 4.74 Å². The lowest BCUT2D eigenvalue weighted by Crippen LogP contribution is -2.44. The van der Waals surface area contributed by atoms with E-state index in [0.717, 1.165) is 53.7 Å². The molecule has 0 spiro atoms. The average molecular weight is 337 g/mol. The van der Waals surface area contributed by atoms with Gasteiger partial charge in [-0.2, -0.15) is 4.99 Å². The van der Waals surface area contributed by atoms with Crippen LogP contribution in [0.15, 0.2) is 28.2 Å². The highest BCUT2D eigenvalue weighted by atomic mass is 16.5. The van der Waals surface area contributed by atoms with Crippen LogP contribution < -0.4 is 10.1 Å². The summed E-state index contributed by atoms with van der Waals surface area (Å²) >= 11 is 0. The van der Waals surface area contributed by atoms with E-state index >= 15 is 0 Å². The SMILES string of the molecule is COc1ccc2nc(/N=C3/N=C4CCCCC4C(=O)N3)nc(C)c2c1. The van der Waals surface area contributed by atoms with Crippen molar-refractivity contribution in [1.82, 2.24) is 15.3 Å². The molecule has 128 valence electrons. The fourth-order valence-electron chi connectivity index (χ4n) is 3.34. The zero-order chi connectivity index (χ0) is 17.4. The molecule has 2 aliphatic rings. The number of hydrogen-bond acceptors (Lipinski definition) is 5. The van der Waals surface area contributed by atoms with Crippen LogP contribution in [0.2, 0.25) is 0 Å². The van der Waals surface area contributed by atoms with Crippen molar-refractivity contribution in [3.63, 3.8) is 0 Å². The molecule has 1 aromatic carbocycles. The van der Waals surface area contributed by atoms with Crippen molar-refractivity contribution in [2.24, 2.45) is 15.9 Å². The van der Waals surface area contributed by atoms with Gasteiger partial charge < -0.3 is 4.74 Å². The van der Waals surface area contributed by atoms with Crippen molar-refractivity contribution < 1.29 is 9.53 Å². The van der Waals surface area contributed by atoms with Gasteiger partial charge in [0.25, 0.3) is 5.95 Å². The summed E-state index contributed by atoms with van der Waals surface area (Å²) in [6.45, 7) is 1.90. The van der Waals surface area contributed by atoms with Crippen molar-refractivity contribution in [2.75, 3.05) is 7.11 Å². The minimum Gasteiger partial charge on any atom is -0.497 e. The molecule has 2 heterocycles. The molecule has 0 bridgehead atoms. The molecule has 2 aromatic rings. The third-order valence-electron chi connectivity index (χ3n) is 4.67. The summed E-state index contributed by atoms with van der Waals surface area (Å²) in [6.07, 6.45) is 3.86. The Hall–Kier alpha value is -2.83. The highest BCUT2D eigenvalue weighted by Gasteiger charge is 2.31. The Morgan fingerprint density at radius 2 is 2.16 bits per heavy atom. The number of aromatic nitrogens is 2. The molecule has 1 unspecified atom stereocenters. The van der Waals surface area contributed by atoms with Crippen molar-refractivity contribution in [1.29, 1.82) is 0 Å². The number of aliphatic imine (C=N–C) groups is 2. The number of nitrogens with zero attached hydrogens (tertiary/aromatic N) is 4. The largest absolute Gasteiger partial charge is 0.497 e. The summed E-state index contributed by atoms with van der Waals surface area (Å²) in [4.78, 5) is 30.0. The number of ether oxygens (including phenoxy) is 1. The lowest BCUT2D eigenvalue weighted by molar-refractivity contribution is -0.122. The van der Waals surface area contributed by atoms with Crippen LogP contribution in [0.1, 0.15) is 31.4 Å². The van der Waals surface area contributed by atoms with E-state index in [9.17, 15) is 4.79 Å². The lowest BCUT2D eigenvalue weighted by Gasteiger charge is -2.26. The number of benzene rings is 1. The van der Waals surface area contributed by atoms with Gasteiger partial charge in [0.15, 0.2) is 0 Å². The first kappa shape index (κ1) is 15.7. The van der Waals surface area contributed by atoms with Crippen LogP contribution in [0.5, 0.6) is 5.75 Å². The second-order valence-corrected chi connectivity index (χ2v) is 6.32. The summed E-state index contributed by atoms with van der Waals surface area (Å²) in [5.41, 5.74) is 2.50. The number of aryl methyl sites for hydroxylation is 1. The van der Waals surface area contributed by atoms with Crippen LogP contribution >= 0.6 is 0 Å². The molecular weight excluding hydrogens is 318 g/mol. The fourth-order valence-corrected chi connectivity index (χ4v) is 3.34. The van der Waals surface area contributed by atoms with Gasteiger partial charge in [0.1, 0.15) is 5.75 Å². The van der Waals surface area contributed by atoms with Gasteiger partial charge in [-0.25, -0.2) is 15.0 Å². The van der Waals surface area contributed by atoms with Crippen molar-refractivity contribution in [3.8, 4) is 5.75 Å². The molecule has 1 atom stereocenters. The third-order valence-corrected chi connectivity index (χ3v) is 4.67. The van der Waals surface area contributed by atoms with E-state index in [1.807, 2.05) is 25.1 Å². The quantitative estimate of drug-likeness (QED) is 0.912. The molecule has 1 aliphatic carbocycles. The zero-order valence-electron chi connectivity index (χ0n) is 14.2. The number of guanidine groups is 1. The first-order valence-electron chi connectivity index (χ1n) is 8.43. The minimum atomic E-state index is -0.0978. The normalized spacial score (nSPS) is 21.7. The van der Waals surface area contributed by atoms with E-state index in [1.54, 1.807) is 7.11 Å². The van der Waals surface area contributed by atoms with E-state index in [-0.39, 0.29) is 17.8 Å². The monoisotopic (exact) mass is 337 g/mol. The Labute approximate surface area is 145 Å². The summed E-state index contributed by atoms with van der Waals surface area (Å²) in [5, 5.41) is 3.69. The number of nitrogens with one attached hydrogen (secondary N) is 1. The molecule has 1 N–H and O–H groups in total. The Morgan fingerprint density at radius 3 is 3.00 bits per heavy atom. The summed E-state index contributed by atoms with van der Waals surface area (Å²) in [6, 6.07) is 5.62. The minimum absolute atomic E-state index is 0.0225. The fraction of sp³-hybridized carbons (Fsp3) is 0.389.